The number of hydrogen-bond donors (Lipinski definition) is 1. The molecular weight excluding hydrogens is 300 g/mol. The Labute approximate surface area is 132 Å². The lowest BCUT2D eigenvalue weighted by molar-refractivity contribution is 0.101. The highest BCUT2D eigenvalue weighted by Crippen LogP contribution is 2.25. The molecule has 1 saturated heterocycles. The number of carbonyl (C=O) groups excluding carboxylic acids is 1. The highest BCUT2D eigenvalue weighted by molar-refractivity contribution is 7.89. The van der Waals surface area contributed by atoms with Gasteiger partial charge < -0.3 is 5.32 Å². The Kier molecular flexibility index (Phi) is 5.72. The number of piperidine rings is 1. The predicted molar refractivity (Wildman–Crippen MR) is 86.5 cm³/mol. The van der Waals surface area contributed by atoms with E-state index in [9.17, 15) is 13.2 Å². The third-order valence-corrected chi connectivity index (χ3v) is 6.15. The quantitative estimate of drug-likeness (QED) is 0.812. The van der Waals surface area contributed by atoms with E-state index in [1.807, 2.05) is 7.05 Å². The molecule has 1 fully saturated rings. The standard InChI is InChI=1S/C16H24N2O3S/c1-13(19)15-4-3-5-16(12-15)22(20,21)18-10-7-14(8-11-18)6-9-17-2/h3-5,12,14,17H,6-11H2,1-2H3. The second-order valence-electron chi connectivity index (χ2n) is 5.82. The lowest BCUT2D eigenvalue weighted by atomic mass is 9.95. The zero-order valence-corrected chi connectivity index (χ0v) is 14.0. The highest BCUT2D eigenvalue weighted by atomic mass is 32.2. The number of carbonyl (C=O) groups is 1. The van der Waals surface area contributed by atoms with Crippen molar-refractivity contribution >= 4 is 15.8 Å². The molecule has 1 aromatic rings. The zero-order valence-electron chi connectivity index (χ0n) is 13.2. The van der Waals surface area contributed by atoms with Crippen LogP contribution in [0, 0.1) is 5.92 Å². The number of Topliss-reactive ketones (excluding diaryl/α,β-unsaturated/α-hetero) is 1. The Morgan fingerprint density at radius 2 is 2.00 bits per heavy atom. The van der Waals surface area contributed by atoms with Crippen LogP contribution in [0.4, 0.5) is 0 Å². The molecule has 1 aliphatic heterocycles. The number of sulfonamides is 1. The van der Waals surface area contributed by atoms with E-state index in [-0.39, 0.29) is 10.7 Å². The fourth-order valence-electron chi connectivity index (χ4n) is 2.81. The lowest BCUT2D eigenvalue weighted by Gasteiger charge is -2.31. The average molecular weight is 324 g/mol. The van der Waals surface area contributed by atoms with Crippen LogP contribution in [-0.2, 0) is 10.0 Å². The fourth-order valence-corrected chi connectivity index (χ4v) is 4.33. The Morgan fingerprint density at radius 3 is 2.59 bits per heavy atom. The van der Waals surface area contributed by atoms with Gasteiger partial charge in [0.2, 0.25) is 10.0 Å². The second kappa shape index (κ2) is 7.35. The Hall–Kier alpha value is -1.24. The van der Waals surface area contributed by atoms with E-state index in [4.69, 9.17) is 0 Å². The van der Waals surface area contributed by atoms with Crippen LogP contribution >= 0.6 is 0 Å². The van der Waals surface area contributed by atoms with Crippen LogP contribution in [0.15, 0.2) is 29.2 Å². The molecule has 122 valence electrons. The zero-order chi connectivity index (χ0) is 16.2. The highest BCUT2D eigenvalue weighted by Gasteiger charge is 2.29. The Bertz CT molecular complexity index is 620. The summed E-state index contributed by atoms with van der Waals surface area (Å²) in [7, 11) is -1.56. The molecule has 0 aliphatic carbocycles. The number of nitrogens with one attached hydrogen (secondary N) is 1. The molecule has 1 heterocycles. The van der Waals surface area contributed by atoms with Crippen LogP contribution in [-0.4, -0.2) is 45.2 Å². The van der Waals surface area contributed by atoms with Crippen LogP contribution in [0.1, 0.15) is 36.5 Å². The molecule has 0 amide bonds. The molecule has 0 spiro atoms. The van der Waals surface area contributed by atoms with Crippen molar-refractivity contribution in [3.05, 3.63) is 29.8 Å². The predicted octanol–water partition coefficient (Wildman–Crippen LogP) is 1.90. The number of rotatable bonds is 6. The van der Waals surface area contributed by atoms with Crippen molar-refractivity contribution in [2.75, 3.05) is 26.7 Å². The van der Waals surface area contributed by atoms with Gasteiger partial charge in [-0.1, -0.05) is 12.1 Å². The van der Waals surface area contributed by atoms with E-state index in [2.05, 4.69) is 5.32 Å². The molecule has 6 heteroatoms. The Balaban J connectivity index is 2.08. The van der Waals surface area contributed by atoms with Crippen LogP contribution in [0.25, 0.3) is 0 Å². The number of hydrogen-bond acceptors (Lipinski definition) is 4. The molecule has 0 saturated carbocycles. The second-order valence-corrected chi connectivity index (χ2v) is 7.76. The van der Waals surface area contributed by atoms with Crippen molar-refractivity contribution in [1.29, 1.82) is 0 Å². The van der Waals surface area contributed by atoms with Gasteiger partial charge in [-0.25, -0.2) is 8.42 Å². The number of benzene rings is 1. The van der Waals surface area contributed by atoms with Gasteiger partial charge in [0.1, 0.15) is 0 Å². The van der Waals surface area contributed by atoms with E-state index in [1.165, 1.54) is 13.0 Å². The molecule has 0 radical (unpaired) electrons. The lowest BCUT2D eigenvalue weighted by Crippen LogP contribution is -2.38. The van der Waals surface area contributed by atoms with Crippen LogP contribution in [0.5, 0.6) is 0 Å². The van der Waals surface area contributed by atoms with Gasteiger partial charge >= 0.3 is 0 Å². The third-order valence-electron chi connectivity index (χ3n) is 4.25. The van der Waals surface area contributed by atoms with Crippen molar-refractivity contribution < 1.29 is 13.2 Å². The molecule has 0 bridgehead atoms. The summed E-state index contributed by atoms with van der Waals surface area (Å²) in [6, 6.07) is 6.31. The SMILES string of the molecule is CNCCC1CCN(S(=O)(=O)c2cccc(C(C)=O)c2)CC1. The van der Waals surface area contributed by atoms with E-state index in [0.717, 1.165) is 25.8 Å². The monoisotopic (exact) mass is 324 g/mol. The first-order chi connectivity index (χ1) is 10.4. The number of nitrogens with zero attached hydrogens (tertiary/aromatic N) is 1. The van der Waals surface area contributed by atoms with Crippen LogP contribution in [0.3, 0.4) is 0 Å². The largest absolute Gasteiger partial charge is 0.320 e. The fraction of sp³-hybridized carbons (Fsp3) is 0.562. The van der Waals surface area contributed by atoms with Gasteiger partial charge in [0.25, 0.3) is 0 Å². The average Bonchev–Trinajstić information content (AvgIpc) is 2.53. The maximum absolute atomic E-state index is 12.7. The molecule has 1 aromatic carbocycles. The molecule has 0 unspecified atom stereocenters. The summed E-state index contributed by atoms with van der Waals surface area (Å²) in [6.45, 7) is 3.53. The summed E-state index contributed by atoms with van der Waals surface area (Å²) < 4.78 is 26.9. The smallest absolute Gasteiger partial charge is 0.243 e. The summed E-state index contributed by atoms with van der Waals surface area (Å²) in [6.07, 6.45) is 2.88. The summed E-state index contributed by atoms with van der Waals surface area (Å²) in [5, 5.41) is 3.14. The maximum atomic E-state index is 12.7. The van der Waals surface area contributed by atoms with Crippen molar-refractivity contribution in [1.82, 2.24) is 9.62 Å². The molecule has 22 heavy (non-hydrogen) atoms. The topological polar surface area (TPSA) is 66.5 Å². The number of ketones is 1. The summed E-state index contributed by atoms with van der Waals surface area (Å²) in [4.78, 5) is 11.6. The molecule has 0 atom stereocenters. The summed E-state index contributed by atoms with van der Waals surface area (Å²) >= 11 is 0. The molecule has 1 aliphatic rings. The van der Waals surface area contributed by atoms with Crippen molar-refractivity contribution in [2.24, 2.45) is 5.92 Å². The van der Waals surface area contributed by atoms with Gasteiger partial charge in [-0.15, -0.1) is 0 Å². The molecule has 2 rings (SSSR count). The van der Waals surface area contributed by atoms with E-state index < -0.39 is 10.0 Å². The van der Waals surface area contributed by atoms with Crippen molar-refractivity contribution in [3.8, 4) is 0 Å². The van der Waals surface area contributed by atoms with E-state index in [0.29, 0.717) is 24.6 Å². The molecular formula is C16H24N2O3S. The van der Waals surface area contributed by atoms with Gasteiger partial charge in [-0.3, -0.25) is 4.79 Å². The Morgan fingerprint density at radius 1 is 1.32 bits per heavy atom. The summed E-state index contributed by atoms with van der Waals surface area (Å²) in [5.41, 5.74) is 0.435. The normalized spacial score (nSPS) is 17.5. The van der Waals surface area contributed by atoms with Gasteiger partial charge in [-0.05, 0) is 57.8 Å². The van der Waals surface area contributed by atoms with Crippen LogP contribution < -0.4 is 5.32 Å². The molecule has 0 aromatic heterocycles. The van der Waals surface area contributed by atoms with E-state index in [1.54, 1.807) is 22.5 Å². The van der Waals surface area contributed by atoms with E-state index >= 15 is 0 Å². The van der Waals surface area contributed by atoms with Gasteiger partial charge in [0.15, 0.2) is 5.78 Å². The first-order valence-electron chi connectivity index (χ1n) is 7.71. The summed E-state index contributed by atoms with van der Waals surface area (Å²) in [5.74, 6) is 0.463. The van der Waals surface area contributed by atoms with Gasteiger partial charge in [-0.2, -0.15) is 4.31 Å². The first kappa shape index (κ1) is 17.1. The van der Waals surface area contributed by atoms with Crippen LogP contribution in [0.2, 0.25) is 0 Å². The van der Waals surface area contributed by atoms with Gasteiger partial charge in [0.05, 0.1) is 4.90 Å². The minimum absolute atomic E-state index is 0.122. The first-order valence-corrected chi connectivity index (χ1v) is 9.15. The molecule has 1 N–H and O–H groups in total. The van der Waals surface area contributed by atoms with Crippen molar-refractivity contribution in [2.45, 2.75) is 31.1 Å². The minimum Gasteiger partial charge on any atom is -0.320 e. The maximum Gasteiger partial charge on any atom is 0.243 e. The molecule has 5 nitrogen and oxygen atoms in total. The van der Waals surface area contributed by atoms with Gasteiger partial charge in [0, 0.05) is 18.7 Å². The minimum atomic E-state index is -3.50. The van der Waals surface area contributed by atoms with Crippen molar-refractivity contribution in [3.63, 3.8) is 0 Å². The third kappa shape index (κ3) is 3.94.